The number of para-hydroxylation sites is 1. The average molecular weight is 576 g/mol. The highest BCUT2D eigenvalue weighted by atomic mass is 32.2. The van der Waals surface area contributed by atoms with E-state index < -0.39 is 40.2 Å². The number of likely N-dealkylation sites (N-methyl/N-ethyl adjacent to an activating group) is 1. The SMILES string of the molecule is CNC(=O)[C@H](C)N(Cc1ccc(F)cc1)C(=O)CN(c1ccc(Oc2ccccc2)cc1)S(=O)(=O)c1ccccc1. The first kappa shape index (κ1) is 29.3. The lowest BCUT2D eigenvalue weighted by atomic mass is 10.1. The Kier molecular flexibility index (Phi) is 9.36. The number of halogens is 1. The molecule has 10 heteroatoms. The van der Waals surface area contributed by atoms with Crippen molar-refractivity contribution in [2.75, 3.05) is 17.9 Å². The van der Waals surface area contributed by atoms with Gasteiger partial charge in [-0.1, -0.05) is 48.5 Å². The van der Waals surface area contributed by atoms with Crippen LogP contribution in [0.15, 0.2) is 114 Å². The van der Waals surface area contributed by atoms with Crippen molar-refractivity contribution in [3.05, 3.63) is 121 Å². The molecule has 41 heavy (non-hydrogen) atoms. The third-order valence-corrected chi connectivity index (χ3v) is 8.18. The van der Waals surface area contributed by atoms with Crippen LogP contribution in [0.1, 0.15) is 12.5 Å². The lowest BCUT2D eigenvalue weighted by molar-refractivity contribution is -0.139. The zero-order valence-corrected chi connectivity index (χ0v) is 23.4. The lowest BCUT2D eigenvalue weighted by Crippen LogP contribution is -2.50. The third kappa shape index (κ3) is 7.29. The molecule has 8 nitrogen and oxygen atoms in total. The third-order valence-electron chi connectivity index (χ3n) is 6.39. The number of rotatable bonds is 11. The fraction of sp³-hybridized carbons (Fsp3) is 0.161. The van der Waals surface area contributed by atoms with E-state index in [-0.39, 0.29) is 17.1 Å². The van der Waals surface area contributed by atoms with E-state index in [1.165, 1.54) is 48.3 Å². The molecule has 0 bridgehead atoms. The van der Waals surface area contributed by atoms with E-state index in [2.05, 4.69) is 5.32 Å². The maximum absolute atomic E-state index is 13.8. The van der Waals surface area contributed by atoms with Gasteiger partial charge in [0.2, 0.25) is 11.8 Å². The number of anilines is 1. The number of carbonyl (C=O) groups excluding carboxylic acids is 2. The van der Waals surface area contributed by atoms with Crippen LogP contribution < -0.4 is 14.4 Å². The Bertz CT molecular complexity index is 1570. The molecule has 1 N–H and O–H groups in total. The quantitative estimate of drug-likeness (QED) is 0.272. The Morgan fingerprint density at radius 2 is 1.39 bits per heavy atom. The largest absolute Gasteiger partial charge is 0.457 e. The molecule has 0 radical (unpaired) electrons. The minimum absolute atomic E-state index is 0.00171. The first-order valence-electron chi connectivity index (χ1n) is 12.9. The second-order valence-electron chi connectivity index (χ2n) is 9.17. The number of ether oxygens (including phenoxy) is 1. The molecule has 0 aliphatic rings. The Morgan fingerprint density at radius 1 is 0.829 bits per heavy atom. The summed E-state index contributed by atoms with van der Waals surface area (Å²) >= 11 is 0. The highest BCUT2D eigenvalue weighted by Crippen LogP contribution is 2.28. The molecule has 0 aromatic heterocycles. The number of benzene rings is 4. The van der Waals surface area contributed by atoms with E-state index in [9.17, 15) is 22.4 Å². The van der Waals surface area contributed by atoms with Crippen molar-refractivity contribution in [1.29, 1.82) is 0 Å². The van der Waals surface area contributed by atoms with Gasteiger partial charge in [0, 0.05) is 13.6 Å². The predicted molar refractivity (Wildman–Crippen MR) is 154 cm³/mol. The molecule has 4 aromatic rings. The molecule has 0 unspecified atom stereocenters. The van der Waals surface area contributed by atoms with Gasteiger partial charge in [0.1, 0.15) is 29.9 Å². The van der Waals surface area contributed by atoms with Crippen LogP contribution in [0.25, 0.3) is 0 Å². The van der Waals surface area contributed by atoms with Crippen molar-refractivity contribution in [1.82, 2.24) is 10.2 Å². The normalized spacial score (nSPS) is 11.8. The minimum Gasteiger partial charge on any atom is -0.457 e. The molecule has 4 aromatic carbocycles. The van der Waals surface area contributed by atoms with E-state index in [1.807, 2.05) is 18.2 Å². The van der Waals surface area contributed by atoms with Crippen molar-refractivity contribution in [3.8, 4) is 11.5 Å². The summed E-state index contributed by atoms with van der Waals surface area (Å²) in [6.45, 7) is 0.932. The molecule has 0 saturated heterocycles. The minimum atomic E-state index is -4.19. The zero-order chi connectivity index (χ0) is 29.4. The molecular formula is C31H30FN3O5S. The highest BCUT2D eigenvalue weighted by Gasteiger charge is 2.32. The summed E-state index contributed by atoms with van der Waals surface area (Å²) in [6.07, 6.45) is 0. The van der Waals surface area contributed by atoms with Gasteiger partial charge in [0.15, 0.2) is 0 Å². The number of carbonyl (C=O) groups is 2. The van der Waals surface area contributed by atoms with Crippen molar-refractivity contribution in [2.24, 2.45) is 0 Å². The lowest BCUT2D eigenvalue weighted by Gasteiger charge is -2.31. The van der Waals surface area contributed by atoms with Gasteiger partial charge < -0.3 is 15.0 Å². The Hall–Kier alpha value is -4.70. The monoisotopic (exact) mass is 575 g/mol. The first-order valence-corrected chi connectivity index (χ1v) is 14.3. The van der Waals surface area contributed by atoms with Gasteiger partial charge >= 0.3 is 0 Å². The summed E-state index contributed by atoms with van der Waals surface area (Å²) < 4.78 is 48.0. The summed E-state index contributed by atoms with van der Waals surface area (Å²) in [5.74, 6) is -0.390. The number of nitrogens with zero attached hydrogens (tertiary/aromatic N) is 2. The summed E-state index contributed by atoms with van der Waals surface area (Å²) in [5.41, 5.74) is 0.812. The molecule has 0 aliphatic carbocycles. The highest BCUT2D eigenvalue weighted by molar-refractivity contribution is 7.92. The van der Waals surface area contributed by atoms with Crippen LogP contribution in [0.2, 0.25) is 0 Å². The van der Waals surface area contributed by atoms with Crippen LogP contribution in [-0.2, 0) is 26.2 Å². The molecule has 0 fully saturated rings. The van der Waals surface area contributed by atoms with Crippen LogP contribution >= 0.6 is 0 Å². The van der Waals surface area contributed by atoms with Gasteiger partial charge in [0.25, 0.3) is 10.0 Å². The molecule has 4 rings (SSSR count). The molecule has 0 saturated carbocycles. The van der Waals surface area contributed by atoms with Crippen molar-refractivity contribution >= 4 is 27.5 Å². The van der Waals surface area contributed by atoms with Crippen LogP contribution in [-0.4, -0.2) is 44.8 Å². The number of sulfonamides is 1. The van der Waals surface area contributed by atoms with E-state index in [0.29, 0.717) is 17.1 Å². The number of amides is 2. The first-order chi connectivity index (χ1) is 19.7. The maximum Gasteiger partial charge on any atom is 0.264 e. The summed E-state index contributed by atoms with van der Waals surface area (Å²) in [5, 5.41) is 2.52. The van der Waals surface area contributed by atoms with Crippen LogP contribution in [0.4, 0.5) is 10.1 Å². The van der Waals surface area contributed by atoms with Gasteiger partial charge in [-0.25, -0.2) is 12.8 Å². The van der Waals surface area contributed by atoms with E-state index in [4.69, 9.17) is 4.74 Å². The standard InChI is InChI=1S/C31H30FN3O5S/c1-23(31(37)33-2)34(21-24-13-15-25(32)16-14-24)30(36)22-35(41(38,39)29-11-7-4-8-12-29)26-17-19-28(20-18-26)40-27-9-5-3-6-10-27/h3-20,23H,21-22H2,1-2H3,(H,33,37)/t23-/m0/s1. The molecular weight excluding hydrogens is 545 g/mol. The van der Waals surface area contributed by atoms with Crippen LogP contribution in [0.5, 0.6) is 11.5 Å². The fourth-order valence-corrected chi connectivity index (χ4v) is 5.57. The van der Waals surface area contributed by atoms with Gasteiger partial charge in [-0.05, 0) is 73.2 Å². The number of nitrogens with one attached hydrogen (secondary N) is 1. The fourth-order valence-electron chi connectivity index (χ4n) is 4.13. The summed E-state index contributed by atoms with van der Waals surface area (Å²) in [7, 11) is -2.74. The van der Waals surface area contributed by atoms with Crippen molar-refractivity contribution < 1.29 is 27.1 Å². The van der Waals surface area contributed by atoms with Gasteiger partial charge in [-0.2, -0.15) is 0 Å². The average Bonchev–Trinajstić information content (AvgIpc) is 3.00. The van der Waals surface area contributed by atoms with E-state index in [0.717, 1.165) is 4.31 Å². The van der Waals surface area contributed by atoms with Gasteiger partial charge in [-0.15, -0.1) is 0 Å². The molecule has 0 aliphatic heterocycles. The Balaban J connectivity index is 1.68. The van der Waals surface area contributed by atoms with E-state index >= 15 is 0 Å². The van der Waals surface area contributed by atoms with Crippen molar-refractivity contribution in [2.45, 2.75) is 24.4 Å². The predicted octanol–water partition coefficient (Wildman–Crippen LogP) is 4.98. The maximum atomic E-state index is 13.8. The van der Waals surface area contributed by atoms with Crippen LogP contribution in [0, 0.1) is 5.82 Å². The molecule has 0 heterocycles. The van der Waals surface area contributed by atoms with Crippen LogP contribution in [0.3, 0.4) is 0 Å². The van der Waals surface area contributed by atoms with Crippen molar-refractivity contribution in [3.63, 3.8) is 0 Å². The van der Waals surface area contributed by atoms with Gasteiger partial charge in [0.05, 0.1) is 10.6 Å². The number of hydrogen-bond acceptors (Lipinski definition) is 5. The Labute approximate surface area is 239 Å². The second kappa shape index (κ2) is 13.1. The summed E-state index contributed by atoms with van der Waals surface area (Å²) in [4.78, 5) is 27.6. The Morgan fingerprint density at radius 3 is 1.98 bits per heavy atom. The van der Waals surface area contributed by atoms with Gasteiger partial charge in [-0.3, -0.25) is 13.9 Å². The molecule has 1 atom stereocenters. The zero-order valence-electron chi connectivity index (χ0n) is 22.6. The van der Waals surface area contributed by atoms with E-state index in [1.54, 1.807) is 61.5 Å². The second-order valence-corrected chi connectivity index (χ2v) is 11.0. The smallest absolute Gasteiger partial charge is 0.264 e. The molecule has 212 valence electrons. The summed E-state index contributed by atoms with van der Waals surface area (Å²) in [6, 6.07) is 27.8. The molecule has 2 amide bonds. The number of hydrogen-bond donors (Lipinski definition) is 1. The molecule has 0 spiro atoms. The topological polar surface area (TPSA) is 96.0 Å².